The zero-order valence-corrected chi connectivity index (χ0v) is 10.9. The van der Waals surface area contributed by atoms with Gasteiger partial charge in [0.05, 0.1) is 0 Å². The Bertz CT molecular complexity index is 321. The smallest absolute Gasteiger partial charge is 0.101 e. The average molecular weight is 239 g/mol. The monoisotopic (exact) mass is 239 g/mol. The number of hydrogen-bond acceptors (Lipinski definition) is 3. The Labute approximate surface area is 102 Å². The quantitative estimate of drug-likeness (QED) is 0.846. The summed E-state index contributed by atoms with van der Waals surface area (Å²) in [6.07, 6.45) is 3.49. The molecule has 0 aromatic carbocycles. The Morgan fingerprint density at radius 2 is 2.44 bits per heavy atom. The minimum atomic E-state index is -0.351. The van der Waals surface area contributed by atoms with Crippen molar-refractivity contribution < 1.29 is 5.11 Å². The maximum Gasteiger partial charge on any atom is 0.101 e. The lowest BCUT2D eigenvalue weighted by molar-refractivity contribution is 0.161. The van der Waals surface area contributed by atoms with Crippen LogP contribution >= 0.6 is 11.3 Å². The van der Waals surface area contributed by atoms with E-state index < -0.39 is 0 Å². The second kappa shape index (κ2) is 4.86. The van der Waals surface area contributed by atoms with E-state index in [0.717, 1.165) is 4.88 Å². The summed E-state index contributed by atoms with van der Waals surface area (Å²) in [5.41, 5.74) is 0.384. The van der Waals surface area contributed by atoms with E-state index >= 15 is 0 Å². The fourth-order valence-corrected chi connectivity index (χ4v) is 3.25. The van der Waals surface area contributed by atoms with Crippen LogP contribution in [0.4, 0.5) is 0 Å². The van der Waals surface area contributed by atoms with Gasteiger partial charge in [0, 0.05) is 17.5 Å². The highest BCUT2D eigenvalue weighted by atomic mass is 32.1. The van der Waals surface area contributed by atoms with Crippen LogP contribution < -0.4 is 5.32 Å². The Balaban J connectivity index is 1.83. The third-order valence-corrected chi connectivity index (χ3v) is 4.66. The Morgan fingerprint density at radius 1 is 1.62 bits per heavy atom. The van der Waals surface area contributed by atoms with Crippen molar-refractivity contribution in [1.82, 2.24) is 5.32 Å². The molecule has 2 unspecified atom stereocenters. The van der Waals surface area contributed by atoms with Gasteiger partial charge < -0.3 is 10.4 Å². The number of rotatable bonds is 4. The van der Waals surface area contributed by atoms with Gasteiger partial charge in [0.15, 0.2) is 0 Å². The first-order chi connectivity index (χ1) is 7.59. The van der Waals surface area contributed by atoms with E-state index in [1.54, 1.807) is 11.3 Å². The van der Waals surface area contributed by atoms with E-state index in [1.165, 1.54) is 19.3 Å². The summed E-state index contributed by atoms with van der Waals surface area (Å²) in [4.78, 5) is 1.06. The highest BCUT2D eigenvalue weighted by Gasteiger charge is 2.34. The predicted molar refractivity (Wildman–Crippen MR) is 68.7 cm³/mol. The van der Waals surface area contributed by atoms with E-state index in [9.17, 15) is 5.11 Å². The van der Waals surface area contributed by atoms with Crippen LogP contribution in [0, 0.1) is 5.41 Å². The fraction of sp³-hybridized carbons (Fsp3) is 0.692. The molecule has 1 aromatic heterocycles. The molecule has 1 saturated carbocycles. The highest BCUT2D eigenvalue weighted by Crippen LogP contribution is 2.37. The van der Waals surface area contributed by atoms with Crippen LogP contribution in [0.3, 0.4) is 0 Å². The Hall–Kier alpha value is -0.380. The summed E-state index contributed by atoms with van der Waals surface area (Å²) in [5, 5.41) is 15.5. The van der Waals surface area contributed by atoms with Crippen molar-refractivity contribution >= 4 is 11.3 Å². The van der Waals surface area contributed by atoms with Gasteiger partial charge in [-0.25, -0.2) is 0 Å². The number of nitrogens with one attached hydrogen (secondary N) is 1. The third-order valence-electron chi connectivity index (χ3n) is 3.69. The molecular weight excluding hydrogens is 218 g/mol. The van der Waals surface area contributed by atoms with Crippen LogP contribution in [-0.4, -0.2) is 17.7 Å². The second-order valence-corrected chi connectivity index (χ2v) is 6.35. The van der Waals surface area contributed by atoms with Gasteiger partial charge in [-0.1, -0.05) is 26.3 Å². The molecule has 0 radical (unpaired) electrons. The van der Waals surface area contributed by atoms with E-state index in [-0.39, 0.29) is 6.10 Å². The molecule has 1 aliphatic rings. The van der Waals surface area contributed by atoms with E-state index in [0.29, 0.717) is 18.0 Å². The van der Waals surface area contributed by atoms with Gasteiger partial charge in [-0.3, -0.25) is 0 Å². The van der Waals surface area contributed by atoms with Crippen molar-refractivity contribution in [2.75, 3.05) is 6.54 Å². The molecule has 1 aromatic rings. The Kier molecular flexibility index (Phi) is 3.67. The summed E-state index contributed by atoms with van der Waals surface area (Å²) >= 11 is 1.62. The molecular formula is C13H21NOS. The molecule has 2 rings (SSSR count). The largest absolute Gasteiger partial charge is 0.386 e. The molecule has 2 atom stereocenters. The van der Waals surface area contributed by atoms with Gasteiger partial charge in [0.2, 0.25) is 0 Å². The van der Waals surface area contributed by atoms with Gasteiger partial charge in [0.1, 0.15) is 6.10 Å². The first-order valence-corrected chi connectivity index (χ1v) is 6.92. The van der Waals surface area contributed by atoms with Crippen LogP contribution in [-0.2, 0) is 0 Å². The number of aliphatic hydroxyl groups is 1. The minimum Gasteiger partial charge on any atom is -0.386 e. The first kappa shape index (κ1) is 12.1. The lowest BCUT2D eigenvalue weighted by Gasteiger charge is -2.28. The second-order valence-electron chi connectivity index (χ2n) is 5.37. The van der Waals surface area contributed by atoms with Gasteiger partial charge in [-0.15, -0.1) is 11.3 Å². The van der Waals surface area contributed by atoms with E-state index in [2.05, 4.69) is 19.2 Å². The Morgan fingerprint density at radius 3 is 3.00 bits per heavy atom. The minimum absolute atomic E-state index is 0.351. The summed E-state index contributed by atoms with van der Waals surface area (Å²) in [6.45, 7) is 5.30. The molecule has 1 fully saturated rings. The summed E-state index contributed by atoms with van der Waals surface area (Å²) in [6, 6.07) is 4.54. The molecule has 0 spiro atoms. The summed E-state index contributed by atoms with van der Waals surface area (Å²) < 4.78 is 0. The molecule has 1 heterocycles. The van der Waals surface area contributed by atoms with Gasteiger partial charge in [-0.2, -0.15) is 0 Å². The predicted octanol–water partition coefficient (Wildman–Crippen LogP) is 2.95. The molecule has 0 aliphatic heterocycles. The van der Waals surface area contributed by atoms with E-state index in [4.69, 9.17) is 0 Å². The normalized spacial score (nSPS) is 25.8. The first-order valence-electron chi connectivity index (χ1n) is 6.04. The third kappa shape index (κ3) is 2.65. The summed E-state index contributed by atoms with van der Waals surface area (Å²) in [5.74, 6) is 0. The van der Waals surface area contributed by atoms with Crippen LogP contribution in [0.2, 0.25) is 0 Å². The SMILES string of the molecule is CC1(C)CCCC1NCC(O)c1cccs1. The lowest BCUT2D eigenvalue weighted by atomic mass is 9.87. The van der Waals surface area contributed by atoms with Crippen molar-refractivity contribution in [2.45, 2.75) is 45.3 Å². The van der Waals surface area contributed by atoms with Gasteiger partial charge in [0.25, 0.3) is 0 Å². The molecule has 1 aliphatic carbocycles. The van der Waals surface area contributed by atoms with E-state index in [1.807, 2.05) is 17.5 Å². The molecule has 2 N–H and O–H groups in total. The molecule has 0 amide bonds. The molecule has 16 heavy (non-hydrogen) atoms. The fourth-order valence-electron chi connectivity index (χ4n) is 2.54. The lowest BCUT2D eigenvalue weighted by Crippen LogP contribution is -2.39. The van der Waals surface area contributed by atoms with Gasteiger partial charge >= 0.3 is 0 Å². The number of hydrogen-bond donors (Lipinski definition) is 2. The van der Waals surface area contributed by atoms with Crippen LogP contribution in [0.15, 0.2) is 17.5 Å². The molecule has 90 valence electrons. The maximum atomic E-state index is 9.99. The highest BCUT2D eigenvalue weighted by molar-refractivity contribution is 7.10. The van der Waals surface area contributed by atoms with Crippen molar-refractivity contribution in [2.24, 2.45) is 5.41 Å². The molecule has 2 nitrogen and oxygen atoms in total. The summed E-state index contributed by atoms with van der Waals surface area (Å²) in [7, 11) is 0. The van der Waals surface area contributed by atoms with Crippen molar-refractivity contribution in [1.29, 1.82) is 0 Å². The van der Waals surface area contributed by atoms with Crippen molar-refractivity contribution in [3.05, 3.63) is 22.4 Å². The average Bonchev–Trinajstić information content (AvgIpc) is 2.83. The molecule has 0 bridgehead atoms. The zero-order chi connectivity index (χ0) is 11.6. The van der Waals surface area contributed by atoms with Crippen molar-refractivity contribution in [3.8, 4) is 0 Å². The number of aliphatic hydroxyl groups excluding tert-OH is 1. The van der Waals surface area contributed by atoms with Gasteiger partial charge in [-0.05, 0) is 29.7 Å². The molecule has 3 heteroatoms. The van der Waals surface area contributed by atoms with Crippen molar-refractivity contribution in [3.63, 3.8) is 0 Å². The van der Waals surface area contributed by atoms with Crippen LogP contribution in [0.5, 0.6) is 0 Å². The maximum absolute atomic E-state index is 9.99. The van der Waals surface area contributed by atoms with Crippen LogP contribution in [0.1, 0.15) is 44.1 Å². The van der Waals surface area contributed by atoms with Crippen LogP contribution in [0.25, 0.3) is 0 Å². The number of thiophene rings is 1. The zero-order valence-electron chi connectivity index (χ0n) is 10.1. The standard InChI is InChI=1S/C13H21NOS/c1-13(2)7-3-6-12(13)14-9-10(15)11-5-4-8-16-11/h4-5,8,10,12,14-15H,3,6-7,9H2,1-2H3. The molecule has 0 saturated heterocycles. The topological polar surface area (TPSA) is 32.3 Å².